The first-order valence-corrected chi connectivity index (χ1v) is 7.19. The van der Waals surface area contributed by atoms with Crippen LogP contribution in [0.1, 0.15) is 33.6 Å². The minimum Gasteiger partial charge on any atom is -0.493 e. The molecule has 4 nitrogen and oxygen atoms in total. The third kappa shape index (κ3) is 3.11. The highest BCUT2D eigenvalue weighted by Gasteiger charge is 2.13. The van der Waals surface area contributed by atoms with Crippen molar-refractivity contribution in [2.75, 3.05) is 6.61 Å². The molecule has 0 bridgehead atoms. The van der Waals surface area contributed by atoms with Crippen LogP contribution < -0.4 is 10.5 Å². The standard InChI is InChI=1S/C17H18N2O2/c18-11-15-10-13(5-7-19-15)16(20)3-1-12-2-4-17-14(9-12)6-8-21-17/h2,4-5,7,9-10H,1,3,6,8,11,18H2. The van der Waals surface area contributed by atoms with Crippen LogP contribution in [0.3, 0.4) is 0 Å². The van der Waals surface area contributed by atoms with E-state index in [0.717, 1.165) is 30.9 Å². The number of aryl methyl sites for hydroxylation is 1. The highest BCUT2D eigenvalue weighted by atomic mass is 16.5. The monoisotopic (exact) mass is 282 g/mol. The summed E-state index contributed by atoms with van der Waals surface area (Å²) in [6.07, 6.45) is 3.84. The van der Waals surface area contributed by atoms with Crippen LogP contribution in [0.5, 0.6) is 5.75 Å². The fourth-order valence-corrected chi connectivity index (χ4v) is 2.56. The quantitative estimate of drug-likeness (QED) is 0.855. The number of hydrogen-bond acceptors (Lipinski definition) is 4. The van der Waals surface area contributed by atoms with Gasteiger partial charge in [0.1, 0.15) is 5.75 Å². The summed E-state index contributed by atoms with van der Waals surface area (Å²) in [4.78, 5) is 16.3. The predicted molar refractivity (Wildman–Crippen MR) is 80.4 cm³/mol. The fraction of sp³-hybridized carbons (Fsp3) is 0.294. The van der Waals surface area contributed by atoms with E-state index >= 15 is 0 Å². The highest BCUT2D eigenvalue weighted by molar-refractivity contribution is 5.96. The zero-order chi connectivity index (χ0) is 14.7. The van der Waals surface area contributed by atoms with Crippen LogP contribution in [-0.4, -0.2) is 17.4 Å². The maximum atomic E-state index is 12.2. The van der Waals surface area contributed by atoms with Gasteiger partial charge in [0.15, 0.2) is 5.78 Å². The summed E-state index contributed by atoms with van der Waals surface area (Å²) < 4.78 is 5.49. The number of hydrogen-bond donors (Lipinski definition) is 1. The Morgan fingerprint density at radius 3 is 3.05 bits per heavy atom. The summed E-state index contributed by atoms with van der Waals surface area (Å²) in [5.74, 6) is 1.11. The second kappa shape index (κ2) is 6.06. The van der Waals surface area contributed by atoms with Gasteiger partial charge < -0.3 is 10.5 Å². The lowest BCUT2D eigenvalue weighted by molar-refractivity contribution is 0.0982. The fourth-order valence-electron chi connectivity index (χ4n) is 2.56. The largest absolute Gasteiger partial charge is 0.493 e. The normalized spacial score (nSPS) is 12.8. The molecule has 0 aliphatic carbocycles. The van der Waals surface area contributed by atoms with Gasteiger partial charge in [-0.15, -0.1) is 0 Å². The van der Waals surface area contributed by atoms with Gasteiger partial charge in [-0.3, -0.25) is 9.78 Å². The molecule has 0 fully saturated rings. The summed E-state index contributed by atoms with van der Waals surface area (Å²) in [6, 6.07) is 9.71. The molecule has 2 N–H and O–H groups in total. The lowest BCUT2D eigenvalue weighted by Crippen LogP contribution is -2.05. The van der Waals surface area contributed by atoms with E-state index in [1.54, 1.807) is 18.3 Å². The van der Waals surface area contributed by atoms with E-state index in [0.29, 0.717) is 18.5 Å². The first-order valence-electron chi connectivity index (χ1n) is 7.19. The lowest BCUT2D eigenvalue weighted by Gasteiger charge is -2.05. The number of rotatable bonds is 5. The van der Waals surface area contributed by atoms with E-state index in [2.05, 4.69) is 11.1 Å². The molecular formula is C17H18N2O2. The van der Waals surface area contributed by atoms with Gasteiger partial charge in [0.2, 0.25) is 0 Å². The number of Topliss-reactive ketones (excluding diaryl/α,β-unsaturated/α-hetero) is 1. The molecule has 0 spiro atoms. The third-order valence-electron chi connectivity index (χ3n) is 3.74. The Kier molecular flexibility index (Phi) is 3.97. The van der Waals surface area contributed by atoms with Gasteiger partial charge in [-0.25, -0.2) is 0 Å². The maximum Gasteiger partial charge on any atom is 0.163 e. The van der Waals surface area contributed by atoms with Gasteiger partial charge in [0, 0.05) is 31.1 Å². The van der Waals surface area contributed by atoms with Gasteiger partial charge in [0.25, 0.3) is 0 Å². The van der Waals surface area contributed by atoms with Crippen LogP contribution >= 0.6 is 0 Å². The predicted octanol–water partition coefficient (Wildman–Crippen LogP) is 2.29. The molecule has 1 aromatic carbocycles. The van der Waals surface area contributed by atoms with E-state index in [4.69, 9.17) is 10.5 Å². The number of carbonyl (C=O) groups is 1. The smallest absolute Gasteiger partial charge is 0.163 e. The minimum atomic E-state index is 0.129. The number of ether oxygens (including phenoxy) is 1. The molecule has 0 amide bonds. The zero-order valence-electron chi connectivity index (χ0n) is 11.8. The molecule has 1 aliphatic rings. The second-order valence-electron chi connectivity index (χ2n) is 5.20. The van der Waals surface area contributed by atoms with Crippen molar-refractivity contribution in [1.82, 2.24) is 4.98 Å². The van der Waals surface area contributed by atoms with Crippen molar-refractivity contribution in [3.05, 3.63) is 58.9 Å². The third-order valence-corrected chi connectivity index (χ3v) is 3.74. The van der Waals surface area contributed by atoms with Gasteiger partial charge in [-0.05, 0) is 35.7 Å². The van der Waals surface area contributed by atoms with Crippen LogP contribution in [0.2, 0.25) is 0 Å². The average Bonchev–Trinajstić information content (AvgIpc) is 3.00. The average molecular weight is 282 g/mol. The number of carbonyl (C=O) groups excluding carboxylic acids is 1. The number of ketones is 1. The van der Waals surface area contributed by atoms with Crippen molar-refractivity contribution in [1.29, 1.82) is 0 Å². The Morgan fingerprint density at radius 1 is 1.29 bits per heavy atom. The number of fused-ring (bicyclic) bond motifs is 1. The number of pyridine rings is 1. The Hall–Kier alpha value is -2.20. The van der Waals surface area contributed by atoms with Gasteiger partial charge in [-0.1, -0.05) is 12.1 Å². The van der Waals surface area contributed by atoms with Crippen LogP contribution in [0.4, 0.5) is 0 Å². The maximum absolute atomic E-state index is 12.2. The Bertz CT molecular complexity index is 668. The van der Waals surface area contributed by atoms with Crippen LogP contribution in [0.15, 0.2) is 36.5 Å². The van der Waals surface area contributed by atoms with Crippen molar-refractivity contribution in [2.24, 2.45) is 5.73 Å². The molecule has 0 atom stereocenters. The van der Waals surface area contributed by atoms with E-state index < -0.39 is 0 Å². The molecule has 0 saturated heterocycles. The number of nitrogens with two attached hydrogens (primary N) is 1. The van der Waals surface area contributed by atoms with Gasteiger partial charge in [-0.2, -0.15) is 0 Å². The molecule has 2 aromatic rings. The zero-order valence-corrected chi connectivity index (χ0v) is 11.8. The first-order chi connectivity index (χ1) is 10.3. The summed E-state index contributed by atoms with van der Waals surface area (Å²) in [5, 5.41) is 0. The van der Waals surface area contributed by atoms with E-state index in [1.807, 2.05) is 12.1 Å². The Labute approximate surface area is 124 Å². The second-order valence-corrected chi connectivity index (χ2v) is 5.20. The van der Waals surface area contributed by atoms with Gasteiger partial charge >= 0.3 is 0 Å². The number of benzene rings is 1. The number of nitrogens with zero attached hydrogens (tertiary/aromatic N) is 1. The Morgan fingerprint density at radius 2 is 2.19 bits per heavy atom. The van der Waals surface area contributed by atoms with Crippen molar-refractivity contribution in [3.8, 4) is 5.75 Å². The first kappa shape index (κ1) is 13.8. The molecular weight excluding hydrogens is 264 g/mol. The van der Waals surface area contributed by atoms with E-state index in [1.165, 1.54) is 11.1 Å². The van der Waals surface area contributed by atoms with E-state index in [9.17, 15) is 4.79 Å². The molecule has 21 heavy (non-hydrogen) atoms. The summed E-state index contributed by atoms with van der Waals surface area (Å²) >= 11 is 0. The molecule has 4 heteroatoms. The minimum absolute atomic E-state index is 0.129. The highest BCUT2D eigenvalue weighted by Crippen LogP contribution is 2.26. The Balaban J connectivity index is 1.65. The lowest BCUT2D eigenvalue weighted by atomic mass is 10.0. The number of aromatic nitrogens is 1. The molecule has 0 radical (unpaired) electrons. The molecule has 108 valence electrons. The van der Waals surface area contributed by atoms with Crippen molar-refractivity contribution in [3.63, 3.8) is 0 Å². The molecule has 1 aliphatic heterocycles. The van der Waals surface area contributed by atoms with Gasteiger partial charge in [0.05, 0.1) is 12.3 Å². The van der Waals surface area contributed by atoms with Crippen molar-refractivity contribution in [2.45, 2.75) is 25.8 Å². The van der Waals surface area contributed by atoms with Crippen LogP contribution in [0.25, 0.3) is 0 Å². The SMILES string of the molecule is NCc1cc(C(=O)CCc2ccc3c(c2)CCO3)ccn1. The van der Waals surface area contributed by atoms with Crippen LogP contribution in [-0.2, 0) is 19.4 Å². The molecule has 0 saturated carbocycles. The van der Waals surface area contributed by atoms with E-state index in [-0.39, 0.29) is 5.78 Å². The molecule has 0 unspecified atom stereocenters. The molecule has 3 rings (SSSR count). The summed E-state index contributed by atoms with van der Waals surface area (Å²) in [5.41, 5.74) is 9.41. The van der Waals surface area contributed by atoms with Crippen LogP contribution in [0, 0.1) is 0 Å². The summed E-state index contributed by atoms with van der Waals surface area (Å²) in [7, 11) is 0. The topological polar surface area (TPSA) is 65.2 Å². The molecule has 2 heterocycles. The summed E-state index contributed by atoms with van der Waals surface area (Å²) in [6.45, 7) is 1.11. The molecule has 1 aromatic heterocycles. The van der Waals surface area contributed by atoms with Crippen molar-refractivity contribution >= 4 is 5.78 Å². The van der Waals surface area contributed by atoms with Crippen molar-refractivity contribution < 1.29 is 9.53 Å².